The fraction of sp³-hybridized carbons (Fsp3) is 0.118. The molecule has 0 radical (unpaired) electrons. The number of hydrogen-bond donors (Lipinski definition) is 1. The second kappa shape index (κ2) is 7.74. The standard InChI is InChI=1S/C17H15NO5/c1-22-17(21)12-6-8-14(9-7-12)18-16(20)11-23-15-5-3-2-4-13(15)10-19/h2-10H,11H2,1H3,(H,18,20). The van der Waals surface area contributed by atoms with Gasteiger partial charge in [0.1, 0.15) is 5.75 Å². The minimum absolute atomic E-state index is 0.233. The zero-order valence-corrected chi connectivity index (χ0v) is 12.4. The minimum atomic E-state index is -0.448. The number of aldehydes is 1. The van der Waals surface area contributed by atoms with Gasteiger partial charge in [-0.15, -0.1) is 0 Å². The van der Waals surface area contributed by atoms with Crippen LogP contribution in [0.25, 0.3) is 0 Å². The predicted octanol–water partition coefficient (Wildman–Crippen LogP) is 2.30. The van der Waals surface area contributed by atoms with Crippen molar-refractivity contribution in [2.75, 3.05) is 19.0 Å². The number of nitrogens with one attached hydrogen (secondary N) is 1. The molecule has 0 aliphatic heterocycles. The SMILES string of the molecule is COC(=O)c1ccc(NC(=O)COc2ccccc2C=O)cc1. The van der Waals surface area contributed by atoms with Gasteiger partial charge in [0.15, 0.2) is 12.9 Å². The number of rotatable bonds is 6. The van der Waals surface area contributed by atoms with Crippen molar-refractivity contribution in [1.29, 1.82) is 0 Å². The zero-order chi connectivity index (χ0) is 16.7. The molecule has 0 heterocycles. The number of carbonyl (C=O) groups excluding carboxylic acids is 3. The number of amides is 1. The summed E-state index contributed by atoms with van der Waals surface area (Å²) in [6.07, 6.45) is 0.665. The molecule has 1 amide bonds. The number of para-hydroxylation sites is 1. The molecule has 6 heteroatoms. The maximum absolute atomic E-state index is 11.8. The Hall–Kier alpha value is -3.15. The second-order valence-corrected chi connectivity index (χ2v) is 4.56. The normalized spacial score (nSPS) is 9.78. The lowest BCUT2D eigenvalue weighted by Gasteiger charge is -2.09. The fourth-order valence-corrected chi connectivity index (χ4v) is 1.86. The molecule has 0 bridgehead atoms. The van der Waals surface area contributed by atoms with E-state index in [9.17, 15) is 14.4 Å². The van der Waals surface area contributed by atoms with Gasteiger partial charge in [-0.25, -0.2) is 4.79 Å². The highest BCUT2D eigenvalue weighted by Gasteiger charge is 2.08. The molecule has 0 unspecified atom stereocenters. The molecule has 1 N–H and O–H groups in total. The van der Waals surface area contributed by atoms with Crippen LogP contribution >= 0.6 is 0 Å². The van der Waals surface area contributed by atoms with Crippen LogP contribution in [0, 0.1) is 0 Å². The highest BCUT2D eigenvalue weighted by Crippen LogP contribution is 2.16. The van der Waals surface area contributed by atoms with Crippen LogP contribution in [-0.2, 0) is 9.53 Å². The van der Waals surface area contributed by atoms with Crippen LogP contribution in [-0.4, -0.2) is 31.9 Å². The molecule has 2 rings (SSSR count). The molecular formula is C17H15NO5. The first-order valence-corrected chi connectivity index (χ1v) is 6.79. The second-order valence-electron chi connectivity index (χ2n) is 4.56. The largest absolute Gasteiger partial charge is 0.483 e. The Labute approximate surface area is 133 Å². The van der Waals surface area contributed by atoms with Gasteiger partial charge in [0.2, 0.25) is 0 Å². The first kappa shape index (κ1) is 16.2. The molecule has 118 valence electrons. The van der Waals surface area contributed by atoms with Crippen molar-refractivity contribution in [1.82, 2.24) is 0 Å². The average Bonchev–Trinajstić information content (AvgIpc) is 2.60. The van der Waals surface area contributed by atoms with Crippen LogP contribution in [0.2, 0.25) is 0 Å². The summed E-state index contributed by atoms with van der Waals surface area (Å²) in [6, 6.07) is 12.9. The maximum atomic E-state index is 11.8. The fourth-order valence-electron chi connectivity index (χ4n) is 1.86. The van der Waals surface area contributed by atoms with E-state index < -0.39 is 5.97 Å². The summed E-state index contributed by atoms with van der Waals surface area (Å²) in [5, 5.41) is 2.63. The quantitative estimate of drug-likeness (QED) is 0.653. The van der Waals surface area contributed by atoms with Gasteiger partial charge in [0.25, 0.3) is 5.91 Å². The van der Waals surface area contributed by atoms with Gasteiger partial charge < -0.3 is 14.8 Å². The number of methoxy groups -OCH3 is 1. The van der Waals surface area contributed by atoms with Crippen LogP contribution < -0.4 is 10.1 Å². The molecular weight excluding hydrogens is 298 g/mol. The summed E-state index contributed by atoms with van der Waals surface area (Å²) in [6.45, 7) is -0.233. The number of esters is 1. The zero-order valence-electron chi connectivity index (χ0n) is 12.4. The van der Waals surface area contributed by atoms with Crippen LogP contribution in [0.5, 0.6) is 5.75 Å². The first-order chi connectivity index (χ1) is 11.1. The monoisotopic (exact) mass is 313 g/mol. The van der Waals surface area contributed by atoms with Gasteiger partial charge >= 0.3 is 5.97 Å². The van der Waals surface area contributed by atoms with Gasteiger partial charge in [0, 0.05) is 5.69 Å². The molecule has 0 saturated carbocycles. The van der Waals surface area contributed by atoms with Crippen molar-refractivity contribution in [3.8, 4) is 5.75 Å². The molecule has 2 aromatic rings. The van der Waals surface area contributed by atoms with E-state index in [-0.39, 0.29) is 12.5 Å². The molecule has 0 atom stereocenters. The number of hydrogen-bond acceptors (Lipinski definition) is 5. The van der Waals surface area contributed by atoms with E-state index in [0.29, 0.717) is 28.8 Å². The Balaban J connectivity index is 1.92. The lowest BCUT2D eigenvalue weighted by Crippen LogP contribution is -2.20. The van der Waals surface area contributed by atoms with Gasteiger partial charge in [-0.3, -0.25) is 9.59 Å². The van der Waals surface area contributed by atoms with Gasteiger partial charge in [-0.1, -0.05) is 12.1 Å². The smallest absolute Gasteiger partial charge is 0.337 e. The predicted molar refractivity (Wildman–Crippen MR) is 83.7 cm³/mol. The van der Waals surface area contributed by atoms with Crippen molar-refractivity contribution in [2.45, 2.75) is 0 Å². The van der Waals surface area contributed by atoms with Gasteiger partial charge in [0.05, 0.1) is 18.2 Å². The minimum Gasteiger partial charge on any atom is -0.483 e. The van der Waals surface area contributed by atoms with E-state index in [1.54, 1.807) is 48.5 Å². The van der Waals surface area contributed by atoms with E-state index in [0.717, 1.165) is 0 Å². The third-order valence-electron chi connectivity index (χ3n) is 2.99. The lowest BCUT2D eigenvalue weighted by atomic mass is 10.2. The third-order valence-corrected chi connectivity index (χ3v) is 2.99. The highest BCUT2D eigenvalue weighted by molar-refractivity contribution is 5.93. The Bertz CT molecular complexity index is 709. The molecule has 0 aromatic heterocycles. The van der Waals surface area contributed by atoms with Gasteiger partial charge in [-0.2, -0.15) is 0 Å². The Morgan fingerprint density at radius 3 is 2.43 bits per heavy atom. The van der Waals surface area contributed by atoms with Crippen molar-refractivity contribution >= 4 is 23.9 Å². The molecule has 23 heavy (non-hydrogen) atoms. The molecule has 2 aromatic carbocycles. The average molecular weight is 313 g/mol. The highest BCUT2D eigenvalue weighted by atomic mass is 16.5. The lowest BCUT2D eigenvalue weighted by molar-refractivity contribution is -0.118. The van der Waals surface area contributed by atoms with E-state index in [4.69, 9.17) is 4.74 Å². The summed E-state index contributed by atoms with van der Waals surface area (Å²) in [5.74, 6) is -0.480. The molecule has 0 saturated heterocycles. The molecule has 6 nitrogen and oxygen atoms in total. The number of anilines is 1. The van der Waals surface area contributed by atoms with Crippen molar-refractivity contribution in [2.24, 2.45) is 0 Å². The van der Waals surface area contributed by atoms with Crippen molar-refractivity contribution in [3.05, 3.63) is 59.7 Å². The third kappa shape index (κ3) is 4.41. The Morgan fingerprint density at radius 2 is 1.78 bits per heavy atom. The van der Waals surface area contributed by atoms with Crippen LogP contribution in [0.15, 0.2) is 48.5 Å². The maximum Gasteiger partial charge on any atom is 0.337 e. The topological polar surface area (TPSA) is 81.7 Å². The van der Waals surface area contributed by atoms with E-state index in [1.807, 2.05) is 0 Å². The van der Waals surface area contributed by atoms with E-state index in [2.05, 4.69) is 10.1 Å². The Kier molecular flexibility index (Phi) is 5.46. The molecule has 0 spiro atoms. The van der Waals surface area contributed by atoms with E-state index in [1.165, 1.54) is 7.11 Å². The number of benzene rings is 2. The van der Waals surface area contributed by atoms with Crippen LogP contribution in [0.4, 0.5) is 5.69 Å². The molecule has 0 fully saturated rings. The van der Waals surface area contributed by atoms with Gasteiger partial charge in [-0.05, 0) is 36.4 Å². The Morgan fingerprint density at radius 1 is 1.09 bits per heavy atom. The summed E-state index contributed by atoms with van der Waals surface area (Å²) < 4.78 is 9.92. The van der Waals surface area contributed by atoms with Crippen molar-refractivity contribution in [3.63, 3.8) is 0 Å². The van der Waals surface area contributed by atoms with E-state index >= 15 is 0 Å². The molecule has 0 aliphatic rings. The summed E-state index contributed by atoms with van der Waals surface area (Å²) in [5.41, 5.74) is 1.29. The summed E-state index contributed by atoms with van der Waals surface area (Å²) in [4.78, 5) is 34.0. The van der Waals surface area contributed by atoms with Crippen LogP contribution in [0.3, 0.4) is 0 Å². The summed E-state index contributed by atoms with van der Waals surface area (Å²) in [7, 11) is 1.30. The number of carbonyl (C=O) groups is 3. The summed E-state index contributed by atoms with van der Waals surface area (Å²) >= 11 is 0. The number of ether oxygens (including phenoxy) is 2. The van der Waals surface area contributed by atoms with Crippen LogP contribution in [0.1, 0.15) is 20.7 Å². The molecule has 0 aliphatic carbocycles. The first-order valence-electron chi connectivity index (χ1n) is 6.79. The van der Waals surface area contributed by atoms with Crippen molar-refractivity contribution < 1.29 is 23.9 Å².